The predicted octanol–water partition coefficient (Wildman–Crippen LogP) is 1.27. The molecule has 18 heavy (non-hydrogen) atoms. The van der Waals surface area contributed by atoms with E-state index in [1.54, 1.807) is 11.8 Å². The van der Waals surface area contributed by atoms with Crippen LogP contribution in [0.25, 0.3) is 11.4 Å². The molecule has 0 bridgehead atoms. The molecule has 0 fully saturated rings. The molecule has 0 saturated heterocycles. The fourth-order valence-corrected chi connectivity index (χ4v) is 1.71. The lowest BCUT2D eigenvalue weighted by atomic mass is 10.1. The van der Waals surface area contributed by atoms with Crippen molar-refractivity contribution >= 4 is 5.69 Å². The molecule has 2 aromatic rings. The van der Waals surface area contributed by atoms with Crippen molar-refractivity contribution in [1.29, 1.82) is 0 Å². The van der Waals surface area contributed by atoms with E-state index in [0.717, 1.165) is 11.1 Å². The fraction of sp³-hybridized carbons (Fsp3) is 0.417. The van der Waals surface area contributed by atoms with Crippen LogP contribution < -0.4 is 5.73 Å². The number of methoxy groups -OCH3 is 1. The molecule has 0 aliphatic rings. The van der Waals surface area contributed by atoms with Gasteiger partial charge < -0.3 is 10.5 Å². The monoisotopic (exact) mass is 247 g/mol. The zero-order chi connectivity index (χ0) is 13.1. The van der Waals surface area contributed by atoms with E-state index in [-0.39, 0.29) is 6.10 Å². The van der Waals surface area contributed by atoms with Gasteiger partial charge in [0.2, 0.25) is 0 Å². The number of anilines is 1. The molecule has 1 atom stereocenters. The molecule has 1 unspecified atom stereocenters. The number of ether oxygens (including phenoxy) is 1. The Labute approximate surface area is 106 Å². The van der Waals surface area contributed by atoms with Crippen LogP contribution in [0.5, 0.6) is 0 Å². The van der Waals surface area contributed by atoms with E-state index in [2.05, 4.69) is 15.5 Å². The van der Waals surface area contributed by atoms with Gasteiger partial charge in [0.05, 0.1) is 12.6 Å². The Kier molecular flexibility index (Phi) is 3.57. The summed E-state index contributed by atoms with van der Waals surface area (Å²) in [5.41, 5.74) is 8.64. The second kappa shape index (κ2) is 5.14. The lowest BCUT2D eigenvalue weighted by molar-refractivity contribution is 0.0997. The third-order valence-electron chi connectivity index (χ3n) is 2.93. The lowest BCUT2D eigenvalue weighted by Gasteiger charge is -2.12. The van der Waals surface area contributed by atoms with E-state index >= 15 is 0 Å². The van der Waals surface area contributed by atoms with Gasteiger partial charge in [0.15, 0.2) is 5.82 Å². The van der Waals surface area contributed by atoms with Crippen LogP contribution in [-0.4, -0.2) is 33.4 Å². The van der Waals surface area contributed by atoms with E-state index in [1.165, 1.54) is 0 Å². The van der Waals surface area contributed by atoms with Crippen LogP contribution in [0.1, 0.15) is 12.5 Å². The molecule has 0 radical (unpaired) electrons. The summed E-state index contributed by atoms with van der Waals surface area (Å²) in [4.78, 5) is 0. The molecule has 1 aromatic carbocycles. The highest BCUT2D eigenvalue weighted by Crippen LogP contribution is 2.26. The Morgan fingerprint density at radius 3 is 2.94 bits per heavy atom. The maximum absolute atomic E-state index is 6.07. The van der Waals surface area contributed by atoms with Crippen molar-refractivity contribution in [3.05, 3.63) is 23.8 Å². The minimum atomic E-state index is 0.0401. The van der Waals surface area contributed by atoms with Crippen LogP contribution >= 0.6 is 0 Å². The highest BCUT2D eigenvalue weighted by Gasteiger charge is 2.14. The van der Waals surface area contributed by atoms with E-state index in [0.29, 0.717) is 18.1 Å². The standard InChI is InChI=1S/C12H17N5O/c1-8-5-4-6-10(11(8)13)12-14-15-16-17(12)7-9(2)18-3/h4-6,9H,7,13H2,1-3H3. The van der Waals surface area contributed by atoms with E-state index < -0.39 is 0 Å². The molecule has 6 heteroatoms. The molecule has 2 rings (SSSR count). The molecular weight excluding hydrogens is 230 g/mol. The maximum Gasteiger partial charge on any atom is 0.184 e. The number of rotatable bonds is 4. The van der Waals surface area contributed by atoms with Crippen molar-refractivity contribution in [1.82, 2.24) is 20.2 Å². The maximum atomic E-state index is 6.07. The summed E-state index contributed by atoms with van der Waals surface area (Å²) in [7, 11) is 1.66. The van der Waals surface area contributed by atoms with Gasteiger partial charge in [-0.3, -0.25) is 0 Å². The summed E-state index contributed by atoms with van der Waals surface area (Å²) >= 11 is 0. The summed E-state index contributed by atoms with van der Waals surface area (Å²) in [6.45, 7) is 4.52. The van der Waals surface area contributed by atoms with E-state index in [9.17, 15) is 0 Å². The summed E-state index contributed by atoms with van der Waals surface area (Å²) in [5.74, 6) is 0.667. The van der Waals surface area contributed by atoms with Gasteiger partial charge in [-0.1, -0.05) is 12.1 Å². The van der Waals surface area contributed by atoms with Gasteiger partial charge in [-0.25, -0.2) is 4.68 Å². The summed E-state index contributed by atoms with van der Waals surface area (Å²) in [5, 5.41) is 11.7. The molecule has 0 spiro atoms. The Morgan fingerprint density at radius 1 is 1.44 bits per heavy atom. The summed E-state index contributed by atoms with van der Waals surface area (Å²) in [6, 6.07) is 5.83. The first-order valence-corrected chi connectivity index (χ1v) is 5.78. The molecule has 6 nitrogen and oxygen atoms in total. The van der Waals surface area contributed by atoms with Crippen molar-refractivity contribution in [3.8, 4) is 11.4 Å². The Morgan fingerprint density at radius 2 is 2.22 bits per heavy atom. The molecule has 0 amide bonds. The number of hydrogen-bond acceptors (Lipinski definition) is 5. The first-order chi connectivity index (χ1) is 8.63. The molecule has 0 aliphatic heterocycles. The largest absolute Gasteiger partial charge is 0.398 e. The van der Waals surface area contributed by atoms with Gasteiger partial charge in [-0.2, -0.15) is 0 Å². The number of aryl methyl sites for hydroxylation is 1. The summed E-state index contributed by atoms with van der Waals surface area (Å²) in [6.07, 6.45) is 0.0401. The fourth-order valence-electron chi connectivity index (χ4n) is 1.71. The third kappa shape index (κ3) is 2.33. The average Bonchev–Trinajstić information content (AvgIpc) is 2.80. The van der Waals surface area contributed by atoms with Gasteiger partial charge in [0.25, 0.3) is 0 Å². The number of nitrogen functional groups attached to an aromatic ring is 1. The van der Waals surface area contributed by atoms with Gasteiger partial charge in [-0.05, 0) is 35.9 Å². The zero-order valence-corrected chi connectivity index (χ0v) is 10.8. The second-order valence-electron chi connectivity index (χ2n) is 4.27. The number of nitrogens with two attached hydrogens (primary N) is 1. The Balaban J connectivity index is 2.39. The highest BCUT2D eigenvalue weighted by atomic mass is 16.5. The number of aromatic nitrogens is 4. The molecule has 2 N–H and O–H groups in total. The van der Waals surface area contributed by atoms with Crippen molar-refractivity contribution in [2.75, 3.05) is 12.8 Å². The van der Waals surface area contributed by atoms with Crippen LogP contribution in [0, 0.1) is 6.92 Å². The van der Waals surface area contributed by atoms with Crippen molar-refractivity contribution in [3.63, 3.8) is 0 Å². The van der Waals surface area contributed by atoms with Crippen molar-refractivity contribution < 1.29 is 4.74 Å². The first-order valence-electron chi connectivity index (χ1n) is 5.78. The highest BCUT2D eigenvalue weighted by molar-refractivity contribution is 5.73. The van der Waals surface area contributed by atoms with Gasteiger partial charge >= 0.3 is 0 Å². The Hall–Kier alpha value is -1.95. The number of para-hydroxylation sites is 1. The zero-order valence-electron chi connectivity index (χ0n) is 10.8. The van der Waals surface area contributed by atoms with Crippen LogP contribution in [0.2, 0.25) is 0 Å². The first kappa shape index (κ1) is 12.5. The van der Waals surface area contributed by atoms with Crippen LogP contribution in [0.4, 0.5) is 5.69 Å². The molecule has 1 heterocycles. The van der Waals surface area contributed by atoms with Crippen LogP contribution in [-0.2, 0) is 11.3 Å². The topological polar surface area (TPSA) is 78.8 Å². The van der Waals surface area contributed by atoms with Crippen LogP contribution in [0.3, 0.4) is 0 Å². The molecule has 96 valence electrons. The number of tetrazole rings is 1. The predicted molar refractivity (Wildman–Crippen MR) is 68.9 cm³/mol. The van der Waals surface area contributed by atoms with Gasteiger partial charge in [-0.15, -0.1) is 5.10 Å². The molecular formula is C12H17N5O. The van der Waals surface area contributed by atoms with E-state index in [1.807, 2.05) is 32.0 Å². The SMILES string of the molecule is COC(C)Cn1nnnc1-c1cccc(C)c1N. The molecule has 0 saturated carbocycles. The minimum absolute atomic E-state index is 0.0401. The normalized spacial score (nSPS) is 12.6. The second-order valence-corrected chi connectivity index (χ2v) is 4.27. The third-order valence-corrected chi connectivity index (χ3v) is 2.93. The molecule has 0 aliphatic carbocycles. The average molecular weight is 247 g/mol. The lowest BCUT2D eigenvalue weighted by Crippen LogP contribution is -2.17. The number of hydrogen-bond donors (Lipinski definition) is 1. The Bertz CT molecular complexity index is 537. The molecule has 1 aromatic heterocycles. The smallest absolute Gasteiger partial charge is 0.184 e. The quantitative estimate of drug-likeness (QED) is 0.823. The summed E-state index contributed by atoms with van der Waals surface area (Å²) < 4.78 is 6.93. The van der Waals surface area contributed by atoms with Gasteiger partial charge in [0, 0.05) is 18.4 Å². The van der Waals surface area contributed by atoms with Gasteiger partial charge in [0.1, 0.15) is 0 Å². The van der Waals surface area contributed by atoms with Crippen molar-refractivity contribution in [2.24, 2.45) is 0 Å². The van der Waals surface area contributed by atoms with Crippen molar-refractivity contribution in [2.45, 2.75) is 26.5 Å². The number of nitrogens with zero attached hydrogens (tertiary/aromatic N) is 4. The van der Waals surface area contributed by atoms with E-state index in [4.69, 9.17) is 10.5 Å². The minimum Gasteiger partial charge on any atom is -0.398 e. The number of benzene rings is 1. The van der Waals surface area contributed by atoms with Crippen LogP contribution in [0.15, 0.2) is 18.2 Å².